The van der Waals surface area contributed by atoms with Gasteiger partial charge in [-0.25, -0.2) is 23.7 Å². The Hall–Kier alpha value is -4.14. The number of aromatic nitrogens is 7. The van der Waals surface area contributed by atoms with Crippen LogP contribution in [0.5, 0.6) is 0 Å². The first kappa shape index (κ1) is 29.4. The summed E-state index contributed by atoms with van der Waals surface area (Å²) in [6.45, 7) is -0.399. The molecule has 0 radical (unpaired) electrons. The van der Waals surface area contributed by atoms with E-state index < -0.39 is 24.8 Å². The zero-order valence-electron chi connectivity index (χ0n) is 22.7. The maximum absolute atomic E-state index is 13.5. The highest BCUT2D eigenvalue weighted by atomic mass is 19.4. The molecule has 4 aromatic heterocycles. The Bertz CT molecular complexity index is 1500. The zero-order chi connectivity index (χ0) is 29.9. The van der Waals surface area contributed by atoms with Crippen LogP contribution in [0, 0.1) is 5.92 Å². The monoisotopic (exact) mass is 591 g/mol. The normalized spacial score (nSPS) is 17.5. The fourth-order valence-corrected chi connectivity index (χ4v) is 5.13. The van der Waals surface area contributed by atoms with Crippen LogP contribution in [0.15, 0.2) is 43.0 Å². The van der Waals surface area contributed by atoms with Gasteiger partial charge in [0.1, 0.15) is 23.9 Å². The molecule has 4 heterocycles. The smallest absolute Gasteiger partial charge is 0.396 e. The molecule has 1 fully saturated rings. The first-order chi connectivity index (χ1) is 20.1. The van der Waals surface area contributed by atoms with Crippen molar-refractivity contribution in [3.63, 3.8) is 0 Å². The van der Waals surface area contributed by atoms with Crippen molar-refractivity contribution >= 4 is 17.3 Å². The molecule has 1 aliphatic carbocycles. The average Bonchev–Trinajstić information content (AvgIpc) is 3.56. The number of aryl methyl sites for hydroxylation is 1. The topological polar surface area (TPSA) is 119 Å². The summed E-state index contributed by atoms with van der Waals surface area (Å²) in [4.78, 5) is 13.1. The Morgan fingerprint density at radius 1 is 1.07 bits per heavy atom. The number of rotatable bonds is 10. The second kappa shape index (κ2) is 12.4. The SMILES string of the molecule is Cn1nc(-c2cnc(Nc3ccnc(-c4cnn(CC(F)F)c4)n3)cc2NC2CCC(CCO)CC2)cc1C(F)(F)F. The Balaban J connectivity index is 1.41. The van der Waals surface area contributed by atoms with Crippen LogP contribution < -0.4 is 10.6 Å². The number of halogens is 5. The van der Waals surface area contributed by atoms with Crippen LogP contribution in [-0.4, -0.2) is 58.7 Å². The molecule has 224 valence electrons. The van der Waals surface area contributed by atoms with Gasteiger partial charge in [0.15, 0.2) is 5.82 Å². The molecule has 15 heteroatoms. The van der Waals surface area contributed by atoms with Crippen molar-refractivity contribution in [2.75, 3.05) is 17.2 Å². The van der Waals surface area contributed by atoms with Crippen LogP contribution in [0.25, 0.3) is 22.6 Å². The first-order valence-electron chi connectivity index (χ1n) is 13.5. The van der Waals surface area contributed by atoms with Crippen molar-refractivity contribution in [2.45, 2.75) is 57.3 Å². The number of alkyl halides is 5. The molecule has 4 aromatic rings. The maximum Gasteiger partial charge on any atom is 0.433 e. The van der Waals surface area contributed by atoms with Gasteiger partial charge in [0.05, 0.1) is 17.5 Å². The van der Waals surface area contributed by atoms with Crippen molar-refractivity contribution in [3.8, 4) is 22.6 Å². The number of pyridine rings is 1. The molecule has 0 saturated heterocycles. The Morgan fingerprint density at radius 3 is 2.55 bits per heavy atom. The molecule has 10 nitrogen and oxygen atoms in total. The van der Waals surface area contributed by atoms with E-state index in [1.165, 1.54) is 31.8 Å². The molecular formula is C27H30F5N9O. The maximum atomic E-state index is 13.5. The Kier molecular flexibility index (Phi) is 8.66. The molecule has 0 aromatic carbocycles. The standard InChI is InChI=1S/C27H30F5N9O/c1-40-22(27(30,31)32)10-21(39-40)19-13-34-25(11-20(19)36-18-4-2-16(3-5-18)7-9-42)37-24-6-8-33-26(38-24)17-12-35-41(14-17)15-23(28)29/h6,8,10-14,16,18,23,42H,2-5,7,9,15H2,1H3,(H2,33,34,36,37,38). The van der Waals surface area contributed by atoms with Gasteiger partial charge in [-0.2, -0.15) is 23.4 Å². The molecule has 1 saturated carbocycles. The fraction of sp³-hybridized carbons (Fsp3) is 0.444. The lowest BCUT2D eigenvalue weighted by Crippen LogP contribution is -2.26. The molecule has 0 spiro atoms. The van der Waals surface area contributed by atoms with E-state index in [1.54, 1.807) is 12.1 Å². The van der Waals surface area contributed by atoms with Gasteiger partial charge in [-0.3, -0.25) is 9.36 Å². The average molecular weight is 592 g/mol. The van der Waals surface area contributed by atoms with Gasteiger partial charge in [-0.15, -0.1) is 0 Å². The van der Waals surface area contributed by atoms with E-state index in [0.717, 1.165) is 47.5 Å². The van der Waals surface area contributed by atoms with E-state index >= 15 is 0 Å². The second-order valence-electron chi connectivity index (χ2n) is 10.3. The highest BCUT2D eigenvalue weighted by Crippen LogP contribution is 2.37. The molecule has 1 aliphatic rings. The van der Waals surface area contributed by atoms with Crippen molar-refractivity contribution in [1.29, 1.82) is 0 Å². The van der Waals surface area contributed by atoms with Crippen molar-refractivity contribution in [1.82, 2.24) is 34.5 Å². The number of nitrogens with zero attached hydrogens (tertiary/aromatic N) is 7. The lowest BCUT2D eigenvalue weighted by molar-refractivity contribution is -0.143. The number of aliphatic hydroxyl groups is 1. The molecule has 5 rings (SSSR count). The number of nitrogens with one attached hydrogen (secondary N) is 2. The molecule has 0 aliphatic heterocycles. The van der Waals surface area contributed by atoms with Gasteiger partial charge in [0.2, 0.25) is 0 Å². The van der Waals surface area contributed by atoms with Gasteiger partial charge >= 0.3 is 6.18 Å². The van der Waals surface area contributed by atoms with Crippen LogP contribution in [0.4, 0.5) is 39.3 Å². The Morgan fingerprint density at radius 2 is 1.86 bits per heavy atom. The van der Waals surface area contributed by atoms with Gasteiger partial charge < -0.3 is 15.7 Å². The largest absolute Gasteiger partial charge is 0.433 e. The minimum absolute atomic E-state index is 0.0789. The minimum atomic E-state index is -4.56. The third-order valence-corrected chi connectivity index (χ3v) is 7.22. The van der Waals surface area contributed by atoms with Crippen LogP contribution in [0.1, 0.15) is 37.8 Å². The molecule has 0 unspecified atom stereocenters. The Labute approximate surface area is 238 Å². The van der Waals surface area contributed by atoms with E-state index in [2.05, 4.69) is 35.8 Å². The number of aliphatic hydroxyl groups excluding tert-OH is 1. The summed E-state index contributed by atoms with van der Waals surface area (Å²) in [5, 5.41) is 23.9. The van der Waals surface area contributed by atoms with Crippen molar-refractivity contribution < 1.29 is 27.1 Å². The van der Waals surface area contributed by atoms with Gasteiger partial charge in [0.25, 0.3) is 6.43 Å². The molecule has 42 heavy (non-hydrogen) atoms. The van der Waals surface area contributed by atoms with Crippen LogP contribution in [-0.2, 0) is 19.8 Å². The van der Waals surface area contributed by atoms with Gasteiger partial charge in [-0.05, 0) is 50.2 Å². The van der Waals surface area contributed by atoms with Crippen molar-refractivity contribution in [3.05, 3.63) is 48.7 Å². The first-order valence-corrected chi connectivity index (χ1v) is 13.5. The predicted molar refractivity (Wildman–Crippen MR) is 145 cm³/mol. The zero-order valence-corrected chi connectivity index (χ0v) is 22.7. The highest BCUT2D eigenvalue weighted by molar-refractivity contribution is 5.78. The quantitative estimate of drug-likeness (QED) is 0.207. The van der Waals surface area contributed by atoms with Gasteiger partial charge in [0, 0.05) is 55.6 Å². The summed E-state index contributed by atoms with van der Waals surface area (Å²) in [5.41, 5.74) is 0.690. The number of anilines is 3. The van der Waals surface area contributed by atoms with E-state index in [4.69, 9.17) is 0 Å². The summed E-state index contributed by atoms with van der Waals surface area (Å²) in [5.74, 6) is 1.46. The van der Waals surface area contributed by atoms with Gasteiger partial charge in [-0.1, -0.05) is 0 Å². The molecule has 0 amide bonds. The van der Waals surface area contributed by atoms with Crippen molar-refractivity contribution in [2.24, 2.45) is 13.0 Å². The lowest BCUT2D eigenvalue weighted by Gasteiger charge is -2.30. The second-order valence-corrected chi connectivity index (χ2v) is 10.3. The third kappa shape index (κ3) is 7.01. The predicted octanol–water partition coefficient (Wildman–Crippen LogP) is 5.52. The number of hydrogen-bond donors (Lipinski definition) is 3. The van der Waals surface area contributed by atoms with E-state index in [-0.39, 0.29) is 24.2 Å². The van der Waals surface area contributed by atoms with Crippen LogP contribution in [0.3, 0.4) is 0 Å². The van der Waals surface area contributed by atoms with E-state index in [9.17, 15) is 27.1 Å². The summed E-state index contributed by atoms with van der Waals surface area (Å²) < 4.78 is 67.8. The molecule has 0 bridgehead atoms. The summed E-state index contributed by atoms with van der Waals surface area (Å²) >= 11 is 0. The summed E-state index contributed by atoms with van der Waals surface area (Å²) in [6.07, 6.45) is 2.99. The molecule has 3 N–H and O–H groups in total. The highest BCUT2D eigenvalue weighted by Gasteiger charge is 2.35. The molecule has 0 atom stereocenters. The lowest BCUT2D eigenvalue weighted by atomic mass is 9.84. The molecular weight excluding hydrogens is 561 g/mol. The third-order valence-electron chi connectivity index (χ3n) is 7.22. The van der Waals surface area contributed by atoms with E-state index in [0.29, 0.717) is 34.4 Å². The van der Waals surface area contributed by atoms with Crippen LogP contribution in [0.2, 0.25) is 0 Å². The van der Waals surface area contributed by atoms with E-state index in [1.807, 2.05) is 0 Å². The fourth-order valence-electron chi connectivity index (χ4n) is 5.13. The minimum Gasteiger partial charge on any atom is -0.396 e. The van der Waals surface area contributed by atoms with Crippen LogP contribution >= 0.6 is 0 Å². The summed E-state index contributed by atoms with van der Waals surface area (Å²) in [7, 11) is 1.25. The summed E-state index contributed by atoms with van der Waals surface area (Å²) in [6, 6.07) is 4.37. The number of hydrogen-bond acceptors (Lipinski definition) is 8.